The van der Waals surface area contributed by atoms with Gasteiger partial charge >= 0.3 is 6.09 Å². The lowest BCUT2D eigenvalue weighted by atomic mass is 10.1. The molecule has 1 unspecified atom stereocenters. The summed E-state index contributed by atoms with van der Waals surface area (Å²) < 4.78 is 5.00. The van der Waals surface area contributed by atoms with Crippen LogP contribution in [0.5, 0.6) is 5.88 Å². The van der Waals surface area contributed by atoms with E-state index in [4.69, 9.17) is 9.84 Å². The topological polar surface area (TPSA) is 118 Å². The molecule has 1 rings (SSSR count). The van der Waals surface area contributed by atoms with Crippen LogP contribution in [0.1, 0.15) is 16.8 Å². The molecule has 8 heteroatoms. The van der Waals surface area contributed by atoms with Crippen LogP contribution in [-0.4, -0.2) is 54.1 Å². The second-order valence-corrected chi connectivity index (χ2v) is 4.32. The highest BCUT2D eigenvalue weighted by Gasteiger charge is 2.14. The molecule has 1 aromatic rings. The molecular weight excluding hydrogens is 290 g/mol. The van der Waals surface area contributed by atoms with Gasteiger partial charge < -0.3 is 20.5 Å². The predicted molar refractivity (Wildman–Crippen MR) is 77.8 cm³/mol. The number of methoxy groups -OCH3 is 1. The Labute approximate surface area is 127 Å². The minimum Gasteiger partial charge on any atom is -0.480 e. The Morgan fingerprint density at radius 3 is 2.95 bits per heavy atom. The fourth-order valence-corrected chi connectivity index (χ4v) is 1.78. The quantitative estimate of drug-likeness (QED) is 0.443. The van der Waals surface area contributed by atoms with Gasteiger partial charge in [0.25, 0.3) is 0 Å². The maximum absolute atomic E-state index is 12.1. The number of ketones is 1. The molecule has 1 atom stereocenters. The molecule has 1 amide bonds. The van der Waals surface area contributed by atoms with E-state index in [-0.39, 0.29) is 31.2 Å². The Bertz CT molecular complexity index is 565. The van der Waals surface area contributed by atoms with E-state index in [1.807, 2.05) is 0 Å². The third kappa shape index (κ3) is 5.74. The standard InChI is InChI=1S/C14H17N3O5/c1-22-13-11(5-2-6-16-13)12(19)9-15-8-10(4-3-7-18)17-14(20)21/h2-3,5-6,10,15,17H,4,8-9H2,1H3,(H,20,21). The second kappa shape index (κ2) is 9.28. The van der Waals surface area contributed by atoms with Gasteiger partial charge in [0, 0.05) is 24.9 Å². The minimum absolute atomic E-state index is 0.00927. The Hall–Kier alpha value is -2.70. The van der Waals surface area contributed by atoms with E-state index in [1.54, 1.807) is 18.1 Å². The van der Waals surface area contributed by atoms with E-state index < -0.39 is 12.1 Å². The van der Waals surface area contributed by atoms with Crippen LogP contribution in [-0.2, 0) is 4.79 Å². The number of hydrogen-bond donors (Lipinski definition) is 3. The summed E-state index contributed by atoms with van der Waals surface area (Å²) in [6.45, 7) is 0.184. The highest BCUT2D eigenvalue weighted by atomic mass is 16.5. The Balaban J connectivity index is 2.54. The summed E-state index contributed by atoms with van der Waals surface area (Å²) in [5.74, 6) is 1.59. The molecule has 3 N–H and O–H groups in total. The van der Waals surface area contributed by atoms with E-state index >= 15 is 0 Å². The smallest absolute Gasteiger partial charge is 0.404 e. The number of carbonyl (C=O) groups is 2. The monoisotopic (exact) mass is 307 g/mol. The van der Waals surface area contributed by atoms with Gasteiger partial charge in [-0.15, -0.1) is 0 Å². The maximum Gasteiger partial charge on any atom is 0.404 e. The number of carboxylic acid groups (broad SMARTS) is 1. The van der Waals surface area contributed by atoms with Crippen LogP contribution in [0.2, 0.25) is 0 Å². The van der Waals surface area contributed by atoms with Gasteiger partial charge in [0.05, 0.1) is 19.2 Å². The van der Waals surface area contributed by atoms with Crippen molar-refractivity contribution >= 4 is 17.8 Å². The summed E-state index contributed by atoms with van der Waals surface area (Å²) in [6.07, 6.45) is 1.69. The maximum atomic E-state index is 12.1. The van der Waals surface area contributed by atoms with Crippen molar-refractivity contribution < 1.29 is 24.2 Å². The third-order valence-electron chi connectivity index (χ3n) is 2.75. The first kappa shape index (κ1) is 17.4. The second-order valence-electron chi connectivity index (χ2n) is 4.32. The number of pyridine rings is 1. The van der Waals surface area contributed by atoms with Crippen LogP contribution in [0, 0.1) is 0 Å². The first-order chi connectivity index (χ1) is 10.6. The zero-order chi connectivity index (χ0) is 16.4. The van der Waals surface area contributed by atoms with Crippen molar-refractivity contribution in [1.29, 1.82) is 0 Å². The highest BCUT2D eigenvalue weighted by molar-refractivity contribution is 5.99. The largest absolute Gasteiger partial charge is 0.480 e. The average Bonchev–Trinajstić information content (AvgIpc) is 2.51. The van der Waals surface area contributed by atoms with E-state index in [0.717, 1.165) is 0 Å². The number of rotatable bonds is 9. The van der Waals surface area contributed by atoms with Crippen LogP contribution in [0.15, 0.2) is 24.4 Å². The number of nitrogens with one attached hydrogen (secondary N) is 2. The van der Waals surface area contributed by atoms with Gasteiger partial charge in [0.2, 0.25) is 5.88 Å². The van der Waals surface area contributed by atoms with E-state index in [9.17, 15) is 14.4 Å². The Morgan fingerprint density at radius 2 is 2.32 bits per heavy atom. The first-order valence-electron chi connectivity index (χ1n) is 6.50. The molecule has 118 valence electrons. The average molecular weight is 307 g/mol. The molecule has 0 aliphatic heterocycles. The summed E-state index contributed by atoms with van der Waals surface area (Å²) in [5.41, 5.74) is 0.341. The van der Waals surface area contributed by atoms with Gasteiger partial charge in [-0.2, -0.15) is 0 Å². The van der Waals surface area contributed by atoms with Crippen LogP contribution in [0.3, 0.4) is 0 Å². The van der Waals surface area contributed by atoms with Gasteiger partial charge in [-0.05, 0) is 18.6 Å². The normalized spacial score (nSPS) is 11.1. The van der Waals surface area contributed by atoms with Gasteiger partial charge in [0.1, 0.15) is 5.94 Å². The van der Waals surface area contributed by atoms with Crippen LogP contribution in [0.25, 0.3) is 0 Å². The third-order valence-corrected chi connectivity index (χ3v) is 2.75. The summed E-state index contributed by atoms with van der Waals surface area (Å²) in [5, 5.41) is 13.8. The van der Waals surface area contributed by atoms with Crippen molar-refractivity contribution in [1.82, 2.24) is 15.6 Å². The molecule has 0 saturated carbocycles. The molecule has 0 spiro atoms. The number of Topliss-reactive ketones (excluding diaryl/α,β-unsaturated/α-hetero) is 1. The van der Waals surface area contributed by atoms with E-state index in [2.05, 4.69) is 15.6 Å². The van der Waals surface area contributed by atoms with Gasteiger partial charge in [-0.25, -0.2) is 14.6 Å². The SMILES string of the molecule is COc1ncccc1C(=O)CNCC(CC=C=O)NC(=O)O. The van der Waals surface area contributed by atoms with Crippen LogP contribution in [0.4, 0.5) is 4.79 Å². The number of nitrogens with zero attached hydrogens (tertiary/aromatic N) is 1. The molecular formula is C14H17N3O5. The zero-order valence-electron chi connectivity index (χ0n) is 12.0. The molecule has 0 fully saturated rings. The lowest BCUT2D eigenvalue weighted by molar-refractivity contribution is 0.0987. The Kier molecular flexibility index (Phi) is 7.32. The summed E-state index contributed by atoms with van der Waals surface area (Å²) in [4.78, 5) is 36.8. The lowest BCUT2D eigenvalue weighted by Gasteiger charge is -2.15. The predicted octanol–water partition coefficient (Wildman–Crippen LogP) is 0.277. The molecule has 0 radical (unpaired) electrons. The molecule has 0 aliphatic rings. The van der Waals surface area contributed by atoms with Crippen molar-refractivity contribution in [3.63, 3.8) is 0 Å². The van der Waals surface area contributed by atoms with Crippen molar-refractivity contribution in [3.8, 4) is 5.88 Å². The molecule has 1 aromatic heterocycles. The molecule has 0 saturated heterocycles. The van der Waals surface area contributed by atoms with Gasteiger partial charge in [-0.1, -0.05) is 0 Å². The number of hydrogen-bond acceptors (Lipinski definition) is 6. The highest BCUT2D eigenvalue weighted by Crippen LogP contribution is 2.13. The van der Waals surface area contributed by atoms with Crippen molar-refractivity contribution in [3.05, 3.63) is 30.0 Å². The molecule has 8 nitrogen and oxygen atoms in total. The fourth-order valence-electron chi connectivity index (χ4n) is 1.78. The summed E-state index contributed by atoms with van der Waals surface area (Å²) >= 11 is 0. The summed E-state index contributed by atoms with van der Waals surface area (Å²) in [6, 6.07) is 2.69. The number of ether oxygens (including phenoxy) is 1. The minimum atomic E-state index is -1.20. The fraction of sp³-hybridized carbons (Fsp3) is 0.357. The van der Waals surface area contributed by atoms with Crippen LogP contribution < -0.4 is 15.4 Å². The summed E-state index contributed by atoms with van der Waals surface area (Å²) in [7, 11) is 1.42. The molecule has 0 aliphatic carbocycles. The molecule has 22 heavy (non-hydrogen) atoms. The number of amides is 1. The molecule has 0 aromatic carbocycles. The van der Waals surface area contributed by atoms with Crippen molar-refractivity contribution in [2.24, 2.45) is 0 Å². The lowest BCUT2D eigenvalue weighted by Crippen LogP contribution is -2.42. The van der Waals surface area contributed by atoms with Gasteiger partial charge in [0.15, 0.2) is 5.78 Å². The molecule has 0 bridgehead atoms. The van der Waals surface area contributed by atoms with Crippen molar-refractivity contribution in [2.75, 3.05) is 20.2 Å². The number of carbonyl (C=O) groups excluding carboxylic acids is 2. The van der Waals surface area contributed by atoms with Crippen molar-refractivity contribution in [2.45, 2.75) is 12.5 Å². The van der Waals surface area contributed by atoms with Crippen LogP contribution >= 0.6 is 0 Å². The molecule has 1 heterocycles. The Morgan fingerprint density at radius 1 is 1.55 bits per heavy atom. The van der Waals surface area contributed by atoms with E-state index in [0.29, 0.717) is 5.56 Å². The van der Waals surface area contributed by atoms with Gasteiger partial charge in [-0.3, -0.25) is 4.79 Å². The van der Waals surface area contributed by atoms with E-state index in [1.165, 1.54) is 19.4 Å². The first-order valence-corrected chi connectivity index (χ1v) is 6.50. The number of aromatic nitrogens is 1. The zero-order valence-corrected chi connectivity index (χ0v) is 12.0.